The summed E-state index contributed by atoms with van der Waals surface area (Å²) in [5, 5.41) is 18.1. The van der Waals surface area contributed by atoms with Gasteiger partial charge in [-0.05, 0) is 18.8 Å². The van der Waals surface area contributed by atoms with Crippen molar-refractivity contribution in [3.05, 3.63) is 18.0 Å². The number of aliphatic carboxylic acids is 1. The summed E-state index contributed by atoms with van der Waals surface area (Å²) in [4.78, 5) is 24.3. The minimum absolute atomic E-state index is 0.0610. The van der Waals surface area contributed by atoms with E-state index in [0.717, 1.165) is 18.4 Å². The summed E-state index contributed by atoms with van der Waals surface area (Å²) in [6, 6.07) is -0.142. The summed E-state index contributed by atoms with van der Waals surface area (Å²) in [7, 11) is 0. The maximum Gasteiger partial charge on any atom is 0.317 e. The third-order valence-electron chi connectivity index (χ3n) is 3.27. The first-order chi connectivity index (χ1) is 9.15. The zero-order chi connectivity index (χ0) is 13.7. The molecule has 19 heavy (non-hydrogen) atoms. The number of aromatic nitrogens is 2. The van der Waals surface area contributed by atoms with E-state index in [1.165, 1.54) is 0 Å². The highest BCUT2D eigenvalue weighted by molar-refractivity contribution is 5.74. The number of piperidine rings is 1. The molecule has 0 spiro atoms. The summed E-state index contributed by atoms with van der Waals surface area (Å²) in [6.45, 7) is 1.63. The Balaban J connectivity index is 1.79. The van der Waals surface area contributed by atoms with Crippen molar-refractivity contribution < 1.29 is 14.7 Å². The van der Waals surface area contributed by atoms with Crippen molar-refractivity contribution in [2.75, 3.05) is 13.1 Å². The molecule has 1 aliphatic rings. The van der Waals surface area contributed by atoms with Gasteiger partial charge in [-0.3, -0.25) is 9.89 Å². The highest BCUT2D eigenvalue weighted by Crippen LogP contribution is 2.19. The number of H-pyrrole nitrogens is 1. The fourth-order valence-electron chi connectivity index (χ4n) is 2.33. The SMILES string of the molecule is O=C(O)CC1CCCN(C(=O)NCc2cn[nH]c2)C1. The highest BCUT2D eigenvalue weighted by Gasteiger charge is 2.24. The second-order valence-corrected chi connectivity index (χ2v) is 4.82. The summed E-state index contributed by atoms with van der Waals surface area (Å²) in [6.07, 6.45) is 5.24. The molecule has 1 aromatic heterocycles. The van der Waals surface area contributed by atoms with E-state index in [1.54, 1.807) is 17.3 Å². The monoisotopic (exact) mass is 266 g/mol. The van der Waals surface area contributed by atoms with Gasteiger partial charge >= 0.3 is 12.0 Å². The minimum atomic E-state index is -0.800. The van der Waals surface area contributed by atoms with Gasteiger partial charge in [0.1, 0.15) is 0 Å². The van der Waals surface area contributed by atoms with Crippen LogP contribution in [0.2, 0.25) is 0 Å². The number of amides is 2. The molecular formula is C12H18N4O3. The number of carbonyl (C=O) groups is 2. The molecule has 1 saturated heterocycles. The molecule has 7 nitrogen and oxygen atoms in total. The molecule has 2 heterocycles. The van der Waals surface area contributed by atoms with Gasteiger partial charge in [0.15, 0.2) is 0 Å². The Kier molecular flexibility index (Phi) is 4.38. The Morgan fingerprint density at radius 3 is 3.11 bits per heavy atom. The Labute approximate surface area is 111 Å². The number of carboxylic acids is 1. The van der Waals surface area contributed by atoms with E-state index >= 15 is 0 Å². The van der Waals surface area contributed by atoms with Crippen LogP contribution in [0, 0.1) is 5.92 Å². The molecule has 0 saturated carbocycles. The number of urea groups is 1. The Morgan fingerprint density at radius 1 is 1.58 bits per heavy atom. The van der Waals surface area contributed by atoms with Crippen LogP contribution in [0.15, 0.2) is 12.4 Å². The van der Waals surface area contributed by atoms with Gasteiger partial charge < -0.3 is 15.3 Å². The van der Waals surface area contributed by atoms with Gasteiger partial charge in [0.2, 0.25) is 0 Å². The summed E-state index contributed by atoms with van der Waals surface area (Å²) in [5.41, 5.74) is 0.910. The van der Waals surface area contributed by atoms with Crippen molar-refractivity contribution >= 4 is 12.0 Å². The number of nitrogens with zero attached hydrogens (tertiary/aromatic N) is 2. The van der Waals surface area contributed by atoms with E-state index in [0.29, 0.717) is 19.6 Å². The molecule has 0 radical (unpaired) electrons. The molecule has 1 unspecified atom stereocenters. The van der Waals surface area contributed by atoms with E-state index in [2.05, 4.69) is 15.5 Å². The predicted molar refractivity (Wildman–Crippen MR) is 67.4 cm³/mol. The Morgan fingerprint density at radius 2 is 2.42 bits per heavy atom. The van der Waals surface area contributed by atoms with Crippen molar-refractivity contribution in [1.82, 2.24) is 20.4 Å². The van der Waals surface area contributed by atoms with Crippen LogP contribution in [0.1, 0.15) is 24.8 Å². The van der Waals surface area contributed by atoms with Gasteiger partial charge in [-0.15, -0.1) is 0 Å². The van der Waals surface area contributed by atoms with Crippen molar-refractivity contribution in [2.45, 2.75) is 25.8 Å². The minimum Gasteiger partial charge on any atom is -0.481 e. The van der Waals surface area contributed by atoms with Gasteiger partial charge in [0.05, 0.1) is 6.20 Å². The van der Waals surface area contributed by atoms with Crippen LogP contribution in [0.25, 0.3) is 0 Å². The van der Waals surface area contributed by atoms with Gasteiger partial charge in [-0.1, -0.05) is 0 Å². The summed E-state index contributed by atoms with van der Waals surface area (Å²) in [5.74, 6) is -0.739. The van der Waals surface area contributed by atoms with Crippen molar-refractivity contribution in [3.63, 3.8) is 0 Å². The van der Waals surface area contributed by atoms with Crippen LogP contribution in [0.5, 0.6) is 0 Å². The van der Waals surface area contributed by atoms with Gasteiger partial charge in [-0.2, -0.15) is 5.10 Å². The van der Waals surface area contributed by atoms with E-state index < -0.39 is 5.97 Å². The number of carbonyl (C=O) groups excluding carboxylic acids is 1. The van der Waals surface area contributed by atoms with Crippen LogP contribution in [-0.2, 0) is 11.3 Å². The molecule has 1 aliphatic heterocycles. The second-order valence-electron chi connectivity index (χ2n) is 4.82. The maximum absolute atomic E-state index is 12.0. The number of carboxylic acid groups (broad SMARTS) is 1. The zero-order valence-electron chi connectivity index (χ0n) is 10.6. The lowest BCUT2D eigenvalue weighted by atomic mass is 9.95. The Bertz CT molecular complexity index is 432. The van der Waals surface area contributed by atoms with E-state index in [-0.39, 0.29) is 18.4 Å². The van der Waals surface area contributed by atoms with E-state index in [4.69, 9.17) is 5.11 Å². The van der Waals surface area contributed by atoms with Crippen LogP contribution in [-0.4, -0.2) is 45.3 Å². The lowest BCUT2D eigenvalue weighted by Crippen LogP contribution is -2.45. The maximum atomic E-state index is 12.0. The van der Waals surface area contributed by atoms with Gasteiger partial charge in [0, 0.05) is 37.8 Å². The van der Waals surface area contributed by atoms with Crippen molar-refractivity contribution in [1.29, 1.82) is 0 Å². The largest absolute Gasteiger partial charge is 0.481 e. The summed E-state index contributed by atoms with van der Waals surface area (Å²) < 4.78 is 0. The van der Waals surface area contributed by atoms with Gasteiger partial charge in [0.25, 0.3) is 0 Å². The lowest BCUT2D eigenvalue weighted by molar-refractivity contribution is -0.138. The molecule has 0 aromatic carbocycles. The first kappa shape index (κ1) is 13.4. The average Bonchev–Trinajstić information content (AvgIpc) is 2.88. The molecule has 2 rings (SSSR count). The Hall–Kier alpha value is -2.05. The average molecular weight is 266 g/mol. The highest BCUT2D eigenvalue weighted by atomic mass is 16.4. The fraction of sp³-hybridized carbons (Fsp3) is 0.583. The molecule has 1 atom stereocenters. The second kappa shape index (κ2) is 6.21. The molecule has 0 aliphatic carbocycles. The van der Waals surface area contributed by atoms with E-state index in [1.807, 2.05) is 0 Å². The molecule has 2 amide bonds. The third-order valence-corrected chi connectivity index (χ3v) is 3.27. The number of hydrogen-bond acceptors (Lipinski definition) is 3. The van der Waals surface area contributed by atoms with Crippen LogP contribution in [0.3, 0.4) is 0 Å². The van der Waals surface area contributed by atoms with Crippen LogP contribution in [0.4, 0.5) is 4.79 Å². The van der Waals surface area contributed by atoms with Crippen molar-refractivity contribution in [2.24, 2.45) is 5.92 Å². The van der Waals surface area contributed by atoms with Crippen LogP contribution >= 0.6 is 0 Å². The summed E-state index contributed by atoms with van der Waals surface area (Å²) >= 11 is 0. The normalized spacial score (nSPS) is 19.2. The van der Waals surface area contributed by atoms with E-state index in [9.17, 15) is 9.59 Å². The molecule has 1 fully saturated rings. The molecule has 104 valence electrons. The topological polar surface area (TPSA) is 98.3 Å². The molecular weight excluding hydrogens is 248 g/mol. The fourth-order valence-corrected chi connectivity index (χ4v) is 2.33. The zero-order valence-corrected chi connectivity index (χ0v) is 10.6. The quantitative estimate of drug-likeness (QED) is 0.751. The van der Waals surface area contributed by atoms with Crippen LogP contribution < -0.4 is 5.32 Å². The molecule has 7 heteroatoms. The first-order valence-corrected chi connectivity index (χ1v) is 6.37. The number of likely N-dealkylation sites (tertiary alicyclic amines) is 1. The predicted octanol–water partition coefficient (Wildman–Crippen LogP) is 0.806. The first-order valence-electron chi connectivity index (χ1n) is 6.37. The number of hydrogen-bond donors (Lipinski definition) is 3. The molecule has 1 aromatic rings. The third kappa shape index (κ3) is 3.97. The standard InChI is InChI=1S/C12H18N4O3/c17-11(18)4-9-2-1-3-16(8-9)12(19)13-5-10-6-14-15-7-10/h6-7,9H,1-5,8H2,(H,13,19)(H,14,15)(H,17,18). The lowest BCUT2D eigenvalue weighted by Gasteiger charge is -2.32. The number of aromatic amines is 1. The smallest absolute Gasteiger partial charge is 0.317 e. The van der Waals surface area contributed by atoms with Gasteiger partial charge in [-0.25, -0.2) is 4.79 Å². The molecule has 3 N–H and O–H groups in total. The molecule has 0 bridgehead atoms. The number of nitrogens with one attached hydrogen (secondary N) is 2. The van der Waals surface area contributed by atoms with Crippen molar-refractivity contribution in [3.8, 4) is 0 Å². The number of rotatable bonds is 4.